The van der Waals surface area contributed by atoms with Gasteiger partial charge in [0.1, 0.15) is 0 Å². The second-order valence-electron chi connectivity index (χ2n) is 6.23. The molecular formula is C19H20O4. The molecule has 4 nitrogen and oxygen atoms in total. The lowest BCUT2D eigenvalue weighted by Gasteiger charge is -2.32. The number of carboxylic acids is 2. The molecule has 2 N–H and O–H groups in total. The van der Waals surface area contributed by atoms with Crippen LogP contribution in [0.3, 0.4) is 0 Å². The van der Waals surface area contributed by atoms with Crippen LogP contribution in [0.15, 0.2) is 36.4 Å². The summed E-state index contributed by atoms with van der Waals surface area (Å²) in [7, 11) is 0. The molecular weight excluding hydrogens is 292 g/mol. The first-order valence-electron chi connectivity index (χ1n) is 7.34. The molecule has 120 valence electrons. The van der Waals surface area contributed by atoms with Crippen LogP contribution in [0, 0.1) is 13.8 Å². The van der Waals surface area contributed by atoms with Crippen molar-refractivity contribution >= 4 is 11.9 Å². The van der Waals surface area contributed by atoms with E-state index in [1.54, 1.807) is 24.3 Å². The molecule has 0 saturated heterocycles. The lowest BCUT2D eigenvalue weighted by Crippen LogP contribution is -2.27. The van der Waals surface area contributed by atoms with Gasteiger partial charge in [-0.05, 0) is 48.2 Å². The molecule has 0 aliphatic heterocycles. The zero-order valence-corrected chi connectivity index (χ0v) is 13.7. The van der Waals surface area contributed by atoms with E-state index in [9.17, 15) is 19.8 Å². The van der Waals surface area contributed by atoms with Crippen molar-refractivity contribution in [3.8, 4) is 0 Å². The maximum absolute atomic E-state index is 11.6. The topological polar surface area (TPSA) is 74.6 Å². The molecule has 0 fully saturated rings. The zero-order chi connectivity index (χ0) is 17.4. The highest BCUT2D eigenvalue weighted by Crippen LogP contribution is 2.39. The molecule has 0 atom stereocenters. The number of aryl methyl sites for hydroxylation is 2. The maximum Gasteiger partial charge on any atom is 0.336 e. The van der Waals surface area contributed by atoms with Gasteiger partial charge in [-0.3, -0.25) is 0 Å². The fourth-order valence-electron chi connectivity index (χ4n) is 3.48. The van der Waals surface area contributed by atoms with Gasteiger partial charge in [-0.2, -0.15) is 0 Å². The van der Waals surface area contributed by atoms with Crippen molar-refractivity contribution in [1.82, 2.24) is 0 Å². The van der Waals surface area contributed by atoms with Crippen molar-refractivity contribution in [1.29, 1.82) is 0 Å². The van der Waals surface area contributed by atoms with Gasteiger partial charge in [0.2, 0.25) is 0 Å². The SMILES string of the molecule is Cc1cccc(C(=O)O)c1C(C)(C)c1c(C)cccc1C(=O)O. The monoisotopic (exact) mass is 312 g/mol. The van der Waals surface area contributed by atoms with Crippen LogP contribution in [0.5, 0.6) is 0 Å². The van der Waals surface area contributed by atoms with Gasteiger partial charge in [-0.1, -0.05) is 38.1 Å². The second kappa shape index (κ2) is 5.88. The minimum Gasteiger partial charge on any atom is -0.478 e. The smallest absolute Gasteiger partial charge is 0.336 e. The van der Waals surface area contributed by atoms with E-state index in [0.717, 1.165) is 11.1 Å². The Morgan fingerprint density at radius 1 is 0.783 bits per heavy atom. The number of rotatable bonds is 4. The molecule has 2 aromatic rings. The third kappa shape index (κ3) is 2.84. The minimum atomic E-state index is -1.01. The van der Waals surface area contributed by atoms with Gasteiger partial charge in [0.15, 0.2) is 0 Å². The van der Waals surface area contributed by atoms with Gasteiger partial charge >= 0.3 is 11.9 Å². The van der Waals surface area contributed by atoms with E-state index in [4.69, 9.17) is 0 Å². The van der Waals surface area contributed by atoms with Crippen LogP contribution in [0.2, 0.25) is 0 Å². The summed E-state index contributed by atoms with van der Waals surface area (Å²) in [5, 5.41) is 19.1. The molecule has 2 aromatic carbocycles. The lowest BCUT2D eigenvalue weighted by atomic mass is 9.71. The summed E-state index contributed by atoms with van der Waals surface area (Å²) in [6.07, 6.45) is 0. The molecule has 23 heavy (non-hydrogen) atoms. The number of carbonyl (C=O) groups is 2. The normalized spacial score (nSPS) is 11.3. The van der Waals surface area contributed by atoms with Crippen molar-refractivity contribution in [2.24, 2.45) is 0 Å². The van der Waals surface area contributed by atoms with E-state index in [2.05, 4.69) is 0 Å². The molecule has 0 bridgehead atoms. The Bertz CT molecular complexity index is 722. The summed E-state index contributed by atoms with van der Waals surface area (Å²) >= 11 is 0. The number of hydrogen-bond donors (Lipinski definition) is 2. The highest BCUT2D eigenvalue weighted by atomic mass is 16.4. The van der Waals surface area contributed by atoms with Crippen molar-refractivity contribution in [3.63, 3.8) is 0 Å². The van der Waals surface area contributed by atoms with Gasteiger partial charge < -0.3 is 10.2 Å². The summed E-state index contributed by atoms with van der Waals surface area (Å²) in [5.74, 6) is -2.02. The van der Waals surface area contributed by atoms with Crippen LogP contribution in [-0.4, -0.2) is 22.2 Å². The Hall–Kier alpha value is -2.62. The average Bonchev–Trinajstić information content (AvgIpc) is 2.45. The van der Waals surface area contributed by atoms with E-state index < -0.39 is 17.4 Å². The molecule has 0 unspecified atom stereocenters. The van der Waals surface area contributed by atoms with Crippen molar-refractivity contribution in [2.45, 2.75) is 33.1 Å². The predicted molar refractivity (Wildman–Crippen MR) is 88.4 cm³/mol. The van der Waals surface area contributed by atoms with Crippen LogP contribution < -0.4 is 0 Å². The van der Waals surface area contributed by atoms with Gasteiger partial charge in [0.05, 0.1) is 11.1 Å². The highest BCUT2D eigenvalue weighted by Gasteiger charge is 2.34. The Kier molecular flexibility index (Phi) is 4.28. The molecule has 0 aromatic heterocycles. The quantitative estimate of drug-likeness (QED) is 0.894. The molecule has 0 heterocycles. The Balaban J connectivity index is 2.85. The fraction of sp³-hybridized carbons (Fsp3) is 0.263. The summed E-state index contributed by atoms with van der Waals surface area (Å²) in [5.41, 5.74) is 2.60. The van der Waals surface area contributed by atoms with E-state index >= 15 is 0 Å². The molecule has 2 rings (SSSR count). The van der Waals surface area contributed by atoms with Gasteiger partial charge in [-0.15, -0.1) is 0 Å². The number of carboxylic acid groups (broad SMARTS) is 2. The molecule has 0 spiro atoms. The lowest BCUT2D eigenvalue weighted by molar-refractivity contribution is 0.0686. The van der Waals surface area contributed by atoms with Crippen molar-refractivity contribution < 1.29 is 19.8 Å². The maximum atomic E-state index is 11.6. The number of hydrogen-bond acceptors (Lipinski definition) is 2. The Morgan fingerprint density at radius 3 is 1.43 bits per heavy atom. The van der Waals surface area contributed by atoms with E-state index in [0.29, 0.717) is 11.1 Å². The number of aromatic carboxylic acids is 2. The summed E-state index contributed by atoms with van der Waals surface area (Å²) in [6.45, 7) is 7.44. The van der Waals surface area contributed by atoms with Gasteiger partial charge in [0, 0.05) is 5.41 Å². The Morgan fingerprint density at radius 2 is 1.13 bits per heavy atom. The molecule has 4 heteroatoms. The first kappa shape index (κ1) is 16.7. The van der Waals surface area contributed by atoms with Crippen LogP contribution in [0.4, 0.5) is 0 Å². The van der Waals surface area contributed by atoms with Gasteiger partial charge in [-0.25, -0.2) is 9.59 Å². The summed E-state index contributed by atoms with van der Waals surface area (Å²) < 4.78 is 0. The van der Waals surface area contributed by atoms with E-state index in [1.807, 2.05) is 39.8 Å². The molecule has 0 aliphatic rings. The molecule has 0 saturated carbocycles. The third-order valence-corrected chi connectivity index (χ3v) is 4.26. The first-order chi connectivity index (χ1) is 10.7. The first-order valence-corrected chi connectivity index (χ1v) is 7.34. The van der Waals surface area contributed by atoms with Crippen LogP contribution in [-0.2, 0) is 5.41 Å². The fourth-order valence-corrected chi connectivity index (χ4v) is 3.48. The van der Waals surface area contributed by atoms with Crippen molar-refractivity contribution in [2.75, 3.05) is 0 Å². The van der Waals surface area contributed by atoms with E-state index in [-0.39, 0.29) is 11.1 Å². The van der Waals surface area contributed by atoms with Crippen LogP contribution >= 0.6 is 0 Å². The Labute approximate surface area is 135 Å². The second-order valence-corrected chi connectivity index (χ2v) is 6.23. The van der Waals surface area contributed by atoms with Gasteiger partial charge in [0.25, 0.3) is 0 Å². The summed E-state index contributed by atoms with van der Waals surface area (Å²) in [6, 6.07) is 10.2. The third-order valence-electron chi connectivity index (χ3n) is 4.26. The van der Waals surface area contributed by atoms with Crippen LogP contribution in [0.25, 0.3) is 0 Å². The largest absolute Gasteiger partial charge is 0.478 e. The zero-order valence-electron chi connectivity index (χ0n) is 13.7. The molecule has 0 radical (unpaired) electrons. The highest BCUT2D eigenvalue weighted by molar-refractivity contribution is 5.93. The number of benzene rings is 2. The van der Waals surface area contributed by atoms with Crippen LogP contribution in [0.1, 0.15) is 56.8 Å². The average molecular weight is 312 g/mol. The minimum absolute atomic E-state index is 0.203. The summed E-state index contributed by atoms with van der Waals surface area (Å²) in [4.78, 5) is 23.3. The standard InChI is InChI=1S/C19H20O4/c1-11-7-5-9-13(17(20)21)15(11)19(3,4)16-12(2)8-6-10-14(16)18(22)23/h5-10H,1-4H3,(H,20,21)(H,22,23). The van der Waals surface area contributed by atoms with E-state index in [1.165, 1.54) is 0 Å². The van der Waals surface area contributed by atoms with Crippen molar-refractivity contribution in [3.05, 3.63) is 69.8 Å². The molecule has 0 aliphatic carbocycles. The predicted octanol–water partition coefficient (Wildman–Crippen LogP) is 4.03. The molecule has 0 amide bonds.